The maximum Gasteiger partial charge on any atom is 0.350 e. The Kier molecular flexibility index (Phi) is 4.10. The second-order valence-corrected chi connectivity index (χ2v) is 3.09. The molecule has 0 saturated carbocycles. The fourth-order valence-electron chi connectivity index (χ4n) is 1.17. The maximum atomic E-state index is 11.2. The van der Waals surface area contributed by atoms with Crippen LogP contribution in [-0.2, 0) is 9.53 Å². The van der Waals surface area contributed by atoms with E-state index in [9.17, 15) is 4.79 Å². The van der Waals surface area contributed by atoms with Gasteiger partial charge >= 0.3 is 5.97 Å². The van der Waals surface area contributed by atoms with Crippen molar-refractivity contribution >= 4 is 11.7 Å². The van der Waals surface area contributed by atoms with Crippen molar-refractivity contribution in [3.63, 3.8) is 0 Å². The SMILES string of the molecule is COC(=O)/C(C#N)=C\N(C)c1ccccc1. The minimum absolute atomic E-state index is 0.0335. The van der Waals surface area contributed by atoms with Crippen molar-refractivity contribution in [2.24, 2.45) is 0 Å². The number of rotatable bonds is 3. The van der Waals surface area contributed by atoms with Crippen molar-refractivity contribution in [1.82, 2.24) is 0 Å². The quantitative estimate of drug-likeness (QED) is 0.438. The topological polar surface area (TPSA) is 53.3 Å². The lowest BCUT2D eigenvalue weighted by molar-refractivity contribution is -0.135. The summed E-state index contributed by atoms with van der Waals surface area (Å²) in [6.07, 6.45) is 1.45. The first-order valence-corrected chi connectivity index (χ1v) is 4.67. The first-order valence-electron chi connectivity index (χ1n) is 4.67. The van der Waals surface area contributed by atoms with Crippen LogP contribution in [0.5, 0.6) is 0 Å². The lowest BCUT2D eigenvalue weighted by Crippen LogP contribution is -2.13. The molecule has 0 radical (unpaired) electrons. The molecule has 0 amide bonds. The van der Waals surface area contributed by atoms with E-state index in [0.717, 1.165) is 5.69 Å². The Morgan fingerprint density at radius 2 is 2.06 bits per heavy atom. The second-order valence-electron chi connectivity index (χ2n) is 3.09. The van der Waals surface area contributed by atoms with Crippen molar-refractivity contribution in [2.75, 3.05) is 19.1 Å². The largest absolute Gasteiger partial charge is 0.465 e. The molecule has 0 saturated heterocycles. The van der Waals surface area contributed by atoms with E-state index in [1.807, 2.05) is 30.3 Å². The molecule has 0 atom stereocenters. The summed E-state index contributed by atoms with van der Waals surface area (Å²) in [7, 11) is 3.01. The zero-order valence-electron chi connectivity index (χ0n) is 9.18. The van der Waals surface area contributed by atoms with Crippen molar-refractivity contribution in [3.05, 3.63) is 42.1 Å². The minimum atomic E-state index is -0.634. The molecule has 0 unspecified atom stereocenters. The van der Waals surface area contributed by atoms with Crippen molar-refractivity contribution in [3.8, 4) is 6.07 Å². The fraction of sp³-hybridized carbons (Fsp3) is 0.167. The Balaban J connectivity index is 2.91. The molecule has 0 fully saturated rings. The molecule has 0 N–H and O–H groups in total. The highest BCUT2D eigenvalue weighted by molar-refractivity contribution is 5.93. The highest BCUT2D eigenvalue weighted by atomic mass is 16.5. The van der Waals surface area contributed by atoms with E-state index in [1.165, 1.54) is 13.3 Å². The normalized spacial score (nSPS) is 10.4. The van der Waals surface area contributed by atoms with Gasteiger partial charge in [-0.1, -0.05) is 18.2 Å². The summed E-state index contributed by atoms with van der Waals surface area (Å²) in [5.74, 6) is -0.634. The van der Waals surface area contributed by atoms with Crippen LogP contribution in [0.1, 0.15) is 0 Å². The third-order valence-corrected chi connectivity index (χ3v) is 2.01. The van der Waals surface area contributed by atoms with E-state index >= 15 is 0 Å². The highest BCUT2D eigenvalue weighted by Crippen LogP contribution is 2.12. The van der Waals surface area contributed by atoms with Crippen LogP contribution >= 0.6 is 0 Å². The molecule has 1 rings (SSSR count). The average molecular weight is 216 g/mol. The van der Waals surface area contributed by atoms with Crippen LogP contribution in [0.15, 0.2) is 42.1 Å². The molecule has 0 spiro atoms. The number of anilines is 1. The van der Waals surface area contributed by atoms with Crippen molar-refractivity contribution < 1.29 is 9.53 Å². The van der Waals surface area contributed by atoms with Gasteiger partial charge in [-0.2, -0.15) is 5.26 Å². The Labute approximate surface area is 94.4 Å². The van der Waals surface area contributed by atoms with Gasteiger partial charge in [-0.05, 0) is 12.1 Å². The Bertz CT molecular complexity index is 432. The summed E-state index contributed by atoms with van der Waals surface area (Å²) in [6, 6.07) is 11.2. The third-order valence-electron chi connectivity index (χ3n) is 2.01. The fourth-order valence-corrected chi connectivity index (χ4v) is 1.17. The van der Waals surface area contributed by atoms with E-state index < -0.39 is 5.97 Å². The van der Waals surface area contributed by atoms with Gasteiger partial charge in [-0.25, -0.2) is 4.79 Å². The third kappa shape index (κ3) is 2.85. The van der Waals surface area contributed by atoms with Crippen LogP contribution in [0.3, 0.4) is 0 Å². The molecule has 0 aliphatic carbocycles. The number of hydrogen-bond acceptors (Lipinski definition) is 4. The van der Waals surface area contributed by atoms with Gasteiger partial charge in [0.15, 0.2) is 5.57 Å². The summed E-state index contributed by atoms with van der Waals surface area (Å²) in [6.45, 7) is 0. The summed E-state index contributed by atoms with van der Waals surface area (Å²) < 4.78 is 4.48. The number of nitrogens with zero attached hydrogens (tertiary/aromatic N) is 2. The maximum absolute atomic E-state index is 11.2. The van der Waals surface area contributed by atoms with Crippen molar-refractivity contribution in [1.29, 1.82) is 5.26 Å². The Hall–Kier alpha value is -2.28. The van der Waals surface area contributed by atoms with Crippen LogP contribution in [0.4, 0.5) is 5.69 Å². The molecule has 4 nitrogen and oxygen atoms in total. The molecule has 0 aliphatic heterocycles. The number of ether oxygens (including phenoxy) is 1. The number of benzene rings is 1. The van der Waals surface area contributed by atoms with Gasteiger partial charge in [-0.3, -0.25) is 0 Å². The molecule has 4 heteroatoms. The number of hydrogen-bond donors (Lipinski definition) is 0. The first kappa shape index (κ1) is 11.8. The van der Waals surface area contributed by atoms with E-state index in [2.05, 4.69) is 4.74 Å². The molecular weight excluding hydrogens is 204 g/mol. The number of esters is 1. The number of para-hydroxylation sites is 1. The molecule has 82 valence electrons. The number of nitriles is 1. The first-order chi connectivity index (χ1) is 7.69. The molecule has 0 heterocycles. The summed E-state index contributed by atoms with van der Waals surface area (Å²) >= 11 is 0. The molecule has 16 heavy (non-hydrogen) atoms. The van der Waals surface area contributed by atoms with Crippen LogP contribution in [0.2, 0.25) is 0 Å². The van der Waals surface area contributed by atoms with E-state index in [0.29, 0.717) is 0 Å². The zero-order valence-corrected chi connectivity index (χ0v) is 9.18. The van der Waals surface area contributed by atoms with Gasteiger partial charge in [0.25, 0.3) is 0 Å². The monoisotopic (exact) mass is 216 g/mol. The predicted molar refractivity (Wildman–Crippen MR) is 60.6 cm³/mol. The second kappa shape index (κ2) is 5.56. The van der Waals surface area contributed by atoms with E-state index in [4.69, 9.17) is 5.26 Å². The lowest BCUT2D eigenvalue weighted by atomic mass is 10.3. The van der Waals surface area contributed by atoms with Crippen LogP contribution in [0.25, 0.3) is 0 Å². The van der Waals surface area contributed by atoms with Gasteiger partial charge in [0.1, 0.15) is 6.07 Å². The molecule has 0 bridgehead atoms. The number of carbonyl (C=O) groups excluding carboxylic acids is 1. The number of methoxy groups -OCH3 is 1. The Morgan fingerprint density at radius 3 is 2.56 bits per heavy atom. The number of carbonyl (C=O) groups is 1. The van der Waals surface area contributed by atoms with Crippen molar-refractivity contribution in [2.45, 2.75) is 0 Å². The summed E-state index contributed by atoms with van der Waals surface area (Å²) in [5.41, 5.74) is 0.855. The molecule has 1 aromatic carbocycles. The van der Waals surface area contributed by atoms with E-state index in [-0.39, 0.29) is 5.57 Å². The lowest BCUT2D eigenvalue weighted by Gasteiger charge is -2.13. The average Bonchev–Trinajstić information content (AvgIpc) is 2.35. The zero-order chi connectivity index (χ0) is 12.0. The molecule has 0 aliphatic rings. The summed E-state index contributed by atoms with van der Waals surface area (Å²) in [4.78, 5) is 12.9. The van der Waals surface area contributed by atoms with Gasteiger partial charge in [0.2, 0.25) is 0 Å². The van der Waals surface area contributed by atoms with Crippen LogP contribution < -0.4 is 4.90 Å². The van der Waals surface area contributed by atoms with E-state index in [1.54, 1.807) is 18.0 Å². The molecule has 0 aromatic heterocycles. The highest BCUT2D eigenvalue weighted by Gasteiger charge is 2.09. The Morgan fingerprint density at radius 1 is 1.44 bits per heavy atom. The smallest absolute Gasteiger partial charge is 0.350 e. The van der Waals surface area contributed by atoms with Gasteiger partial charge < -0.3 is 9.64 Å². The molecular formula is C12H12N2O2. The molecule has 1 aromatic rings. The van der Waals surface area contributed by atoms with Gasteiger partial charge in [0, 0.05) is 18.9 Å². The standard InChI is InChI=1S/C12H12N2O2/c1-14(11-6-4-3-5-7-11)9-10(8-13)12(15)16-2/h3-7,9H,1-2H3/b10-9-. The van der Waals surface area contributed by atoms with Crippen LogP contribution in [0, 0.1) is 11.3 Å². The summed E-state index contributed by atoms with van der Waals surface area (Å²) in [5, 5.41) is 8.78. The van der Waals surface area contributed by atoms with Crippen LogP contribution in [-0.4, -0.2) is 20.1 Å². The predicted octanol–water partition coefficient (Wildman–Crippen LogP) is 1.70. The van der Waals surface area contributed by atoms with Gasteiger partial charge in [0.05, 0.1) is 7.11 Å². The minimum Gasteiger partial charge on any atom is -0.465 e. The van der Waals surface area contributed by atoms with Gasteiger partial charge in [-0.15, -0.1) is 0 Å².